The molecule has 0 spiro atoms. The lowest BCUT2D eigenvalue weighted by molar-refractivity contribution is 0.128. The van der Waals surface area contributed by atoms with Gasteiger partial charge in [-0.05, 0) is 68.0 Å². The molecule has 0 bridgehead atoms. The number of carbonyl (C=O) groups is 1. The summed E-state index contributed by atoms with van der Waals surface area (Å²) in [6, 6.07) is 9.32. The number of benzene rings is 2. The van der Waals surface area contributed by atoms with Crippen LogP contribution in [0.4, 0.5) is 10.5 Å². The molecule has 1 amide bonds. The molecule has 1 heterocycles. The maximum absolute atomic E-state index is 12.4. The molecule has 1 aliphatic carbocycles. The minimum absolute atomic E-state index is 0.414. The molecule has 7 heteroatoms. The van der Waals surface area contributed by atoms with E-state index in [0.717, 1.165) is 34.9 Å². The van der Waals surface area contributed by atoms with Gasteiger partial charge in [-0.2, -0.15) is 0 Å². The Bertz CT molecular complexity index is 1170. The largest absolute Gasteiger partial charge is 0.493 e. The predicted octanol–water partition coefficient (Wildman–Crippen LogP) is 6.79. The van der Waals surface area contributed by atoms with Crippen molar-refractivity contribution in [3.05, 3.63) is 47.7 Å². The normalized spacial score (nSPS) is 14.0. The Morgan fingerprint density at radius 1 is 0.941 bits per heavy atom. The van der Waals surface area contributed by atoms with E-state index < -0.39 is 6.09 Å². The van der Waals surface area contributed by atoms with Gasteiger partial charge < -0.3 is 18.9 Å². The third kappa shape index (κ3) is 5.35. The highest BCUT2D eigenvalue weighted by Gasteiger charge is 2.17. The van der Waals surface area contributed by atoms with Gasteiger partial charge in [-0.15, -0.1) is 0 Å². The molecular formula is C27H32N2O5. The molecule has 7 nitrogen and oxygen atoms in total. The van der Waals surface area contributed by atoms with E-state index in [9.17, 15) is 4.79 Å². The number of nitrogens with one attached hydrogen (secondary N) is 1. The average Bonchev–Trinajstić information content (AvgIpc) is 2.85. The molecule has 1 fully saturated rings. The van der Waals surface area contributed by atoms with Crippen LogP contribution in [0.1, 0.15) is 43.2 Å². The molecule has 1 aromatic heterocycles. The Morgan fingerprint density at radius 3 is 2.41 bits per heavy atom. The number of aromatic nitrogens is 1. The zero-order valence-corrected chi connectivity index (χ0v) is 20.3. The summed E-state index contributed by atoms with van der Waals surface area (Å²) in [4.78, 5) is 16.8. The summed E-state index contributed by atoms with van der Waals surface area (Å²) in [5.74, 6) is 3.04. The van der Waals surface area contributed by atoms with Crippen LogP contribution in [0.25, 0.3) is 10.9 Å². The summed E-state index contributed by atoms with van der Waals surface area (Å²) in [5.41, 5.74) is 3.22. The lowest BCUT2D eigenvalue weighted by atomic mass is 9.90. The Balaban J connectivity index is 1.50. The van der Waals surface area contributed by atoms with Crippen LogP contribution in [0.3, 0.4) is 0 Å². The Morgan fingerprint density at radius 2 is 1.68 bits per heavy atom. The zero-order valence-electron chi connectivity index (χ0n) is 20.3. The number of ether oxygens (including phenoxy) is 4. The molecule has 180 valence electrons. The van der Waals surface area contributed by atoms with Crippen molar-refractivity contribution < 1.29 is 23.7 Å². The van der Waals surface area contributed by atoms with E-state index in [1.165, 1.54) is 19.3 Å². The van der Waals surface area contributed by atoms with E-state index in [0.29, 0.717) is 41.2 Å². The molecule has 1 aliphatic rings. The lowest BCUT2D eigenvalue weighted by Crippen LogP contribution is -2.20. The molecule has 0 saturated heterocycles. The number of pyridine rings is 1. The van der Waals surface area contributed by atoms with Crippen LogP contribution < -0.4 is 19.5 Å². The third-order valence-corrected chi connectivity index (χ3v) is 6.36. The molecule has 1 N–H and O–H groups in total. The van der Waals surface area contributed by atoms with Crippen LogP contribution in [0, 0.1) is 19.8 Å². The van der Waals surface area contributed by atoms with Gasteiger partial charge in [-0.25, -0.2) is 4.79 Å². The van der Waals surface area contributed by atoms with Crippen LogP contribution in [0.2, 0.25) is 0 Å². The minimum atomic E-state index is -0.414. The van der Waals surface area contributed by atoms with Crippen LogP contribution in [0.5, 0.6) is 23.0 Å². The second kappa shape index (κ2) is 10.6. The summed E-state index contributed by atoms with van der Waals surface area (Å²) in [6.07, 6.45) is 7.30. The third-order valence-electron chi connectivity index (χ3n) is 6.36. The van der Waals surface area contributed by atoms with E-state index in [-0.39, 0.29) is 0 Å². The number of hydrogen-bond donors (Lipinski definition) is 1. The molecule has 0 radical (unpaired) electrons. The van der Waals surface area contributed by atoms with Crippen molar-refractivity contribution in [2.24, 2.45) is 5.92 Å². The van der Waals surface area contributed by atoms with Gasteiger partial charge in [0.05, 0.1) is 26.3 Å². The summed E-state index contributed by atoms with van der Waals surface area (Å²) >= 11 is 0. The van der Waals surface area contributed by atoms with Crippen molar-refractivity contribution >= 4 is 22.7 Å². The van der Waals surface area contributed by atoms with Crippen LogP contribution >= 0.6 is 0 Å². The predicted molar refractivity (Wildman–Crippen MR) is 132 cm³/mol. The molecule has 0 atom stereocenters. The maximum Gasteiger partial charge on any atom is 0.411 e. The number of nitrogens with zero attached hydrogens (tertiary/aromatic N) is 1. The Hall–Kier alpha value is -3.48. The molecular weight excluding hydrogens is 432 g/mol. The zero-order chi connectivity index (χ0) is 24.1. The number of aryl methyl sites for hydroxylation is 2. The van der Waals surface area contributed by atoms with Crippen molar-refractivity contribution in [3.8, 4) is 23.0 Å². The highest BCUT2D eigenvalue weighted by Crippen LogP contribution is 2.38. The van der Waals surface area contributed by atoms with E-state index >= 15 is 0 Å². The van der Waals surface area contributed by atoms with Gasteiger partial charge in [0.1, 0.15) is 11.5 Å². The first-order chi connectivity index (χ1) is 16.5. The molecule has 0 aliphatic heterocycles. The minimum Gasteiger partial charge on any atom is -0.493 e. The SMILES string of the molecule is COc1cc2nccc(Oc3cc(C)c(NC(=O)OCC4CCCCC4)cc3C)c2cc1OC. The van der Waals surface area contributed by atoms with Gasteiger partial charge >= 0.3 is 6.09 Å². The smallest absolute Gasteiger partial charge is 0.411 e. The Kier molecular flexibility index (Phi) is 7.40. The van der Waals surface area contributed by atoms with Gasteiger partial charge in [0.25, 0.3) is 0 Å². The number of methoxy groups -OCH3 is 2. The van der Waals surface area contributed by atoms with Crippen LogP contribution in [0.15, 0.2) is 36.5 Å². The standard InChI is InChI=1S/C27H32N2O5/c1-17-13-24(18(2)12-21(17)29-27(30)33-16-19-8-6-5-7-9-19)34-23-10-11-28-22-15-26(32-4)25(31-3)14-20(22)23/h10-15,19H,5-9,16H2,1-4H3,(H,29,30). The number of carbonyl (C=O) groups excluding carboxylic acids is 1. The summed E-state index contributed by atoms with van der Waals surface area (Å²) in [7, 11) is 3.19. The average molecular weight is 465 g/mol. The fourth-order valence-electron chi connectivity index (χ4n) is 4.38. The van der Waals surface area contributed by atoms with E-state index in [2.05, 4.69) is 10.3 Å². The fourth-order valence-corrected chi connectivity index (χ4v) is 4.38. The summed E-state index contributed by atoms with van der Waals surface area (Å²) < 4.78 is 22.6. The molecule has 1 saturated carbocycles. The summed E-state index contributed by atoms with van der Waals surface area (Å²) in [6.45, 7) is 4.36. The van der Waals surface area contributed by atoms with E-state index in [1.54, 1.807) is 20.4 Å². The van der Waals surface area contributed by atoms with Gasteiger partial charge in [0.15, 0.2) is 11.5 Å². The topological polar surface area (TPSA) is 78.9 Å². The van der Waals surface area contributed by atoms with Crippen molar-refractivity contribution in [2.45, 2.75) is 46.0 Å². The number of amides is 1. The molecule has 4 rings (SSSR count). The van der Waals surface area contributed by atoms with Crippen LogP contribution in [-0.4, -0.2) is 31.9 Å². The fraction of sp³-hybridized carbons (Fsp3) is 0.407. The van der Waals surface area contributed by atoms with Gasteiger partial charge in [-0.1, -0.05) is 19.3 Å². The maximum atomic E-state index is 12.4. The molecule has 0 unspecified atom stereocenters. The number of fused-ring (bicyclic) bond motifs is 1. The number of anilines is 1. The molecule has 3 aromatic rings. The Labute approximate surface area is 200 Å². The first-order valence-electron chi connectivity index (χ1n) is 11.7. The van der Waals surface area contributed by atoms with Gasteiger partial charge in [0, 0.05) is 23.3 Å². The second-order valence-electron chi connectivity index (χ2n) is 8.80. The number of hydrogen-bond acceptors (Lipinski definition) is 6. The van der Waals surface area contributed by atoms with Crippen molar-refractivity contribution in [2.75, 3.05) is 26.1 Å². The van der Waals surface area contributed by atoms with E-state index in [1.807, 2.05) is 44.2 Å². The highest BCUT2D eigenvalue weighted by atomic mass is 16.5. The first kappa shape index (κ1) is 23.7. The van der Waals surface area contributed by atoms with Gasteiger partial charge in [-0.3, -0.25) is 10.3 Å². The van der Waals surface area contributed by atoms with Crippen molar-refractivity contribution in [1.82, 2.24) is 4.98 Å². The monoisotopic (exact) mass is 464 g/mol. The second-order valence-corrected chi connectivity index (χ2v) is 8.80. The van der Waals surface area contributed by atoms with E-state index in [4.69, 9.17) is 18.9 Å². The highest BCUT2D eigenvalue weighted by molar-refractivity contribution is 5.89. The van der Waals surface area contributed by atoms with Crippen LogP contribution in [-0.2, 0) is 4.74 Å². The lowest BCUT2D eigenvalue weighted by Gasteiger charge is -2.21. The first-order valence-corrected chi connectivity index (χ1v) is 11.7. The quantitative estimate of drug-likeness (QED) is 0.415. The van der Waals surface area contributed by atoms with Gasteiger partial charge in [0.2, 0.25) is 0 Å². The summed E-state index contributed by atoms with van der Waals surface area (Å²) in [5, 5.41) is 3.69. The van der Waals surface area contributed by atoms with Crippen molar-refractivity contribution in [3.63, 3.8) is 0 Å². The molecule has 2 aromatic carbocycles. The van der Waals surface area contributed by atoms with Crippen molar-refractivity contribution in [1.29, 1.82) is 0 Å². The molecule has 34 heavy (non-hydrogen) atoms. The number of rotatable bonds is 7.